The van der Waals surface area contributed by atoms with E-state index in [1.165, 1.54) is 12.8 Å². The lowest BCUT2D eigenvalue weighted by atomic mass is 10.1. The Morgan fingerprint density at radius 1 is 1.30 bits per heavy atom. The molecule has 1 aromatic carbocycles. The number of rotatable bonds is 8. The summed E-state index contributed by atoms with van der Waals surface area (Å²) in [5.41, 5.74) is 1.04. The Morgan fingerprint density at radius 3 is 2.70 bits per heavy atom. The number of hydrogen-bond donors (Lipinski definition) is 1. The normalized spacial score (nSPS) is 14.8. The molecule has 1 aliphatic carbocycles. The van der Waals surface area contributed by atoms with Crippen molar-refractivity contribution in [2.45, 2.75) is 39.7 Å². The molecule has 20 heavy (non-hydrogen) atoms. The molecule has 2 rings (SSSR count). The van der Waals surface area contributed by atoms with Crippen molar-refractivity contribution in [3.63, 3.8) is 0 Å². The zero-order valence-electron chi connectivity index (χ0n) is 12.2. The van der Waals surface area contributed by atoms with Crippen LogP contribution in [0.25, 0.3) is 0 Å². The van der Waals surface area contributed by atoms with Crippen LogP contribution < -0.4 is 10.1 Å². The second-order valence-electron chi connectivity index (χ2n) is 5.98. The first-order valence-electron chi connectivity index (χ1n) is 7.37. The molecule has 0 spiro atoms. The highest BCUT2D eigenvalue weighted by atomic mass is 35.5. The minimum Gasteiger partial charge on any atom is -0.492 e. The van der Waals surface area contributed by atoms with Gasteiger partial charge < -0.3 is 10.1 Å². The first kappa shape index (κ1) is 15.9. The number of nitrogens with one attached hydrogen (secondary N) is 1. The van der Waals surface area contributed by atoms with Crippen LogP contribution in [-0.2, 0) is 6.54 Å². The van der Waals surface area contributed by atoms with Crippen LogP contribution in [0.5, 0.6) is 5.75 Å². The Kier molecular flexibility index (Phi) is 6.01. The number of halogens is 2. The van der Waals surface area contributed by atoms with E-state index in [9.17, 15) is 0 Å². The van der Waals surface area contributed by atoms with Gasteiger partial charge in [-0.25, -0.2) is 0 Å². The molecule has 112 valence electrons. The van der Waals surface area contributed by atoms with Gasteiger partial charge in [0.1, 0.15) is 5.75 Å². The minimum absolute atomic E-state index is 0.606. The number of hydrogen-bond acceptors (Lipinski definition) is 2. The first-order valence-corrected chi connectivity index (χ1v) is 8.13. The highest BCUT2D eigenvalue weighted by Crippen LogP contribution is 2.35. The van der Waals surface area contributed by atoms with Gasteiger partial charge in [-0.3, -0.25) is 0 Å². The van der Waals surface area contributed by atoms with E-state index in [-0.39, 0.29) is 0 Å². The molecular formula is C16H23Cl2NO. The minimum atomic E-state index is 0.606. The summed E-state index contributed by atoms with van der Waals surface area (Å²) >= 11 is 12.4. The molecule has 1 aromatic rings. The Balaban J connectivity index is 1.97. The topological polar surface area (TPSA) is 21.3 Å². The van der Waals surface area contributed by atoms with Gasteiger partial charge in [-0.1, -0.05) is 49.9 Å². The molecule has 0 aliphatic heterocycles. The van der Waals surface area contributed by atoms with E-state index in [2.05, 4.69) is 19.2 Å². The SMILES string of the molecule is CC(C)CNCc1cc(Cl)cc(Cl)c1OCCC1CC1. The summed E-state index contributed by atoms with van der Waals surface area (Å²) in [5, 5.41) is 4.67. The van der Waals surface area contributed by atoms with Crippen LogP contribution in [0.15, 0.2) is 12.1 Å². The summed E-state index contributed by atoms with van der Waals surface area (Å²) in [6.07, 6.45) is 3.82. The van der Waals surface area contributed by atoms with Gasteiger partial charge in [0, 0.05) is 17.1 Å². The third kappa shape index (κ3) is 5.16. The Morgan fingerprint density at radius 2 is 2.05 bits per heavy atom. The molecule has 2 nitrogen and oxygen atoms in total. The molecule has 1 saturated carbocycles. The molecule has 1 fully saturated rings. The maximum Gasteiger partial charge on any atom is 0.142 e. The van der Waals surface area contributed by atoms with Crippen molar-refractivity contribution in [1.82, 2.24) is 5.32 Å². The molecule has 0 amide bonds. The fourth-order valence-electron chi connectivity index (χ4n) is 2.14. The lowest BCUT2D eigenvalue weighted by Crippen LogP contribution is -2.19. The van der Waals surface area contributed by atoms with Gasteiger partial charge in [0.2, 0.25) is 0 Å². The molecule has 0 unspecified atom stereocenters. The average Bonchev–Trinajstić information content (AvgIpc) is 3.15. The van der Waals surface area contributed by atoms with E-state index < -0.39 is 0 Å². The van der Waals surface area contributed by atoms with Crippen LogP contribution >= 0.6 is 23.2 Å². The summed E-state index contributed by atoms with van der Waals surface area (Å²) in [5.74, 6) is 2.26. The van der Waals surface area contributed by atoms with Gasteiger partial charge in [0.05, 0.1) is 11.6 Å². The van der Waals surface area contributed by atoms with Gasteiger partial charge >= 0.3 is 0 Å². The molecule has 4 heteroatoms. The molecule has 0 heterocycles. The predicted molar refractivity (Wildman–Crippen MR) is 85.8 cm³/mol. The molecule has 0 bridgehead atoms. The second-order valence-corrected chi connectivity index (χ2v) is 6.82. The average molecular weight is 316 g/mol. The highest BCUT2D eigenvalue weighted by molar-refractivity contribution is 6.35. The van der Waals surface area contributed by atoms with Crippen molar-refractivity contribution in [3.05, 3.63) is 27.7 Å². The lowest BCUT2D eigenvalue weighted by molar-refractivity contribution is 0.299. The monoisotopic (exact) mass is 315 g/mol. The largest absolute Gasteiger partial charge is 0.492 e. The number of benzene rings is 1. The van der Waals surface area contributed by atoms with Crippen LogP contribution in [-0.4, -0.2) is 13.2 Å². The standard InChI is InChI=1S/C16H23Cl2NO/c1-11(2)9-19-10-13-7-14(17)8-15(18)16(13)20-6-5-12-3-4-12/h7-8,11-12,19H,3-6,9-10H2,1-2H3. The van der Waals surface area contributed by atoms with Crippen LogP contribution in [0.3, 0.4) is 0 Å². The summed E-state index contributed by atoms with van der Waals surface area (Å²) in [4.78, 5) is 0. The zero-order valence-corrected chi connectivity index (χ0v) is 13.7. The smallest absolute Gasteiger partial charge is 0.142 e. The van der Waals surface area contributed by atoms with E-state index in [0.29, 0.717) is 16.0 Å². The Bertz CT molecular complexity index is 444. The van der Waals surface area contributed by atoms with Crippen LogP contribution in [0, 0.1) is 11.8 Å². The predicted octanol–water partition coefficient (Wildman–Crippen LogP) is 4.92. The van der Waals surface area contributed by atoms with Crippen molar-refractivity contribution in [3.8, 4) is 5.75 Å². The number of ether oxygens (including phenoxy) is 1. The summed E-state index contributed by atoms with van der Waals surface area (Å²) in [6, 6.07) is 3.69. The molecule has 0 aromatic heterocycles. The third-order valence-corrected chi connectivity index (χ3v) is 3.92. The molecule has 1 N–H and O–H groups in total. The maximum absolute atomic E-state index is 6.27. The summed E-state index contributed by atoms with van der Waals surface area (Å²) in [6.45, 7) is 6.81. The van der Waals surface area contributed by atoms with Gasteiger partial charge in [0.25, 0.3) is 0 Å². The van der Waals surface area contributed by atoms with Gasteiger partial charge in [0.15, 0.2) is 0 Å². The fraction of sp³-hybridized carbons (Fsp3) is 0.625. The van der Waals surface area contributed by atoms with Crippen molar-refractivity contribution < 1.29 is 4.74 Å². The van der Waals surface area contributed by atoms with E-state index in [1.807, 2.05) is 6.07 Å². The maximum atomic E-state index is 6.27. The Labute approximate surface area is 131 Å². The quantitative estimate of drug-likeness (QED) is 0.735. The summed E-state index contributed by atoms with van der Waals surface area (Å²) in [7, 11) is 0. The van der Waals surface area contributed by atoms with Crippen LogP contribution in [0.1, 0.15) is 38.7 Å². The van der Waals surface area contributed by atoms with Gasteiger partial charge in [-0.15, -0.1) is 0 Å². The molecule has 1 aliphatic rings. The Hall–Kier alpha value is -0.440. The summed E-state index contributed by atoms with van der Waals surface area (Å²) < 4.78 is 5.90. The van der Waals surface area contributed by atoms with Crippen molar-refractivity contribution in [1.29, 1.82) is 0 Å². The van der Waals surface area contributed by atoms with Crippen molar-refractivity contribution >= 4 is 23.2 Å². The molecule has 0 atom stereocenters. The van der Waals surface area contributed by atoms with Gasteiger partial charge in [-0.05, 0) is 36.9 Å². The lowest BCUT2D eigenvalue weighted by Gasteiger charge is -2.15. The van der Waals surface area contributed by atoms with Crippen molar-refractivity contribution in [2.24, 2.45) is 11.8 Å². The first-order chi connectivity index (χ1) is 9.56. The zero-order chi connectivity index (χ0) is 14.5. The highest BCUT2D eigenvalue weighted by Gasteiger charge is 2.21. The third-order valence-electron chi connectivity index (χ3n) is 3.42. The molecule has 0 saturated heterocycles. The van der Waals surface area contributed by atoms with E-state index in [4.69, 9.17) is 27.9 Å². The second kappa shape index (κ2) is 7.53. The molecule has 0 radical (unpaired) electrons. The molecular weight excluding hydrogens is 293 g/mol. The van der Waals surface area contributed by atoms with Gasteiger partial charge in [-0.2, -0.15) is 0 Å². The van der Waals surface area contributed by atoms with Crippen LogP contribution in [0.2, 0.25) is 10.0 Å². The fourth-order valence-corrected chi connectivity index (χ4v) is 2.73. The van der Waals surface area contributed by atoms with E-state index in [1.54, 1.807) is 6.07 Å². The van der Waals surface area contributed by atoms with Crippen molar-refractivity contribution in [2.75, 3.05) is 13.2 Å². The van der Waals surface area contributed by atoms with E-state index >= 15 is 0 Å². The van der Waals surface area contributed by atoms with E-state index in [0.717, 1.165) is 43.3 Å². The van der Waals surface area contributed by atoms with Crippen LogP contribution in [0.4, 0.5) is 0 Å².